The van der Waals surface area contributed by atoms with Crippen molar-refractivity contribution in [3.8, 4) is 5.75 Å². The van der Waals surface area contributed by atoms with E-state index in [0.29, 0.717) is 11.5 Å². The van der Waals surface area contributed by atoms with Crippen molar-refractivity contribution in [2.45, 2.75) is 27.7 Å². The maximum Gasteiger partial charge on any atom is 0.348 e. The van der Waals surface area contributed by atoms with E-state index in [1.54, 1.807) is 13.8 Å². The molecule has 1 N–H and O–H groups in total. The highest BCUT2D eigenvalue weighted by Gasteiger charge is 2.13. The number of hydrogen-bond donors (Lipinski definition) is 1. The lowest BCUT2D eigenvalue weighted by Gasteiger charge is -2.07. The summed E-state index contributed by atoms with van der Waals surface area (Å²) in [6.45, 7) is 7.27. The van der Waals surface area contributed by atoms with Gasteiger partial charge in [-0.3, -0.25) is 4.99 Å². The number of nitrogens with zero attached hydrogens (tertiary/aromatic N) is 1. The van der Waals surface area contributed by atoms with Crippen molar-refractivity contribution in [1.29, 1.82) is 0 Å². The molecule has 20 heavy (non-hydrogen) atoms. The van der Waals surface area contributed by atoms with E-state index in [9.17, 15) is 9.90 Å². The van der Waals surface area contributed by atoms with Crippen LogP contribution in [0.25, 0.3) is 0 Å². The molecule has 0 saturated heterocycles. The molecule has 0 aliphatic carbocycles. The monoisotopic (exact) mass is 271 g/mol. The van der Waals surface area contributed by atoms with Gasteiger partial charge in [0, 0.05) is 6.07 Å². The largest absolute Gasteiger partial charge is 0.507 e. The van der Waals surface area contributed by atoms with Gasteiger partial charge in [-0.05, 0) is 44.9 Å². The predicted molar refractivity (Wildman–Crippen MR) is 79.2 cm³/mol. The molecular weight excluding hydrogens is 254 g/mol. The number of aliphatic imine (C=N–C) groups is 1. The molecule has 0 amide bonds. The zero-order valence-electron chi connectivity index (χ0n) is 12.0. The molecule has 0 saturated carbocycles. The van der Waals surface area contributed by atoms with Gasteiger partial charge in [-0.2, -0.15) is 0 Å². The van der Waals surface area contributed by atoms with Gasteiger partial charge in [0.1, 0.15) is 17.1 Å². The predicted octanol–water partition coefficient (Wildman–Crippen LogP) is 3.41. The van der Waals surface area contributed by atoms with Crippen LogP contribution in [-0.2, 0) is 0 Å². The average molecular weight is 271 g/mol. The summed E-state index contributed by atoms with van der Waals surface area (Å²) in [6.07, 6.45) is 0. The minimum absolute atomic E-state index is 0.106. The minimum Gasteiger partial charge on any atom is -0.507 e. The topological polar surface area (TPSA) is 62.8 Å². The maximum absolute atomic E-state index is 11.8. The van der Waals surface area contributed by atoms with E-state index in [4.69, 9.17) is 4.42 Å². The third-order valence-corrected chi connectivity index (χ3v) is 3.28. The second-order valence-corrected chi connectivity index (χ2v) is 4.82. The lowest BCUT2D eigenvalue weighted by atomic mass is 10.1. The van der Waals surface area contributed by atoms with Crippen LogP contribution in [-0.4, -0.2) is 10.8 Å². The Bertz CT molecular complexity index is 742. The van der Waals surface area contributed by atoms with Gasteiger partial charge in [0.15, 0.2) is 0 Å². The van der Waals surface area contributed by atoms with Crippen LogP contribution in [0.5, 0.6) is 5.75 Å². The van der Waals surface area contributed by atoms with E-state index in [2.05, 4.69) is 4.99 Å². The van der Waals surface area contributed by atoms with Crippen LogP contribution in [0.15, 0.2) is 38.5 Å². The van der Waals surface area contributed by atoms with Crippen molar-refractivity contribution in [3.05, 3.63) is 57.1 Å². The highest BCUT2D eigenvalue weighted by molar-refractivity contribution is 6.02. The van der Waals surface area contributed by atoms with Crippen molar-refractivity contribution >= 4 is 11.4 Å². The molecule has 0 spiro atoms. The summed E-state index contributed by atoms with van der Waals surface area (Å²) in [5.74, 6) is 0.265. The molecule has 2 rings (SSSR count). The zero-order valence-corrected chi connectivity index (χ0v) is 12.0. The Morgan fingerprint density at radius 3 is 2.60 bits per heavy atom. The number of aromatic hydroxyl groups is 1. The molecule has 0 fully saturated rings. The molecule has 1 aromatic heterocycles. The smallest absolute Gasteiger partial charge is 0.348 e. The third-order valence-electron chi connectivity index (χ3n) is 3.28. The van der Waals surface area contributed by atoms with E-state index in [1.807, 2.05) is 32.0 Å². The fourth-order valence-corrected chi connectivity index (χ4v) is 2.02. The van der Waals surface area contributed by atoms with Crippen molar-refractivity contribution in [2.24, 2.45) is 4.99 Å². The average Bonchev–Trinajstić information content (AvgIpc) is 2.33. The molecule has 0 aliphatic rings. The van der Waals surface area contributed by atoms with Gasteiger partial charge < -0.3 is 9.52 Å². The van der Waals surface area contributed by atoms with E-state index in [0.717, 1.165) is 16.8 Å². The molecule has 104 valence electrons. The summed E-state index contributed by atoms with van der Waals surface area (Å²) in [5, 5.41) is 9.90. The fraction of sp³-hybridized carbons (Fsp3) is 0.250. The summed E-state index contributed by atoms with van der Waals surface area (Å²) < 4.78 is 5.01. The second-order valence-electron chi connectivity index (χ2n) is 4.82. The summed E-state index contributed by atoms with van der Waals surface area (Å²) in [7, 11) is 0. The number of benzene rings is 1. The molecular formula is C16H17NO3. The van der Waals surface area contributed by atoms with Crippen LogP contribution >= 0.6 is 0 Å². The van der Waals surface area contributed by atoms with Crippen LogP contribution in [0, 0.1) is 20.8 Å². The van der Waals surface area contributed by atoms with Crippen LogP contribution < -0.4 is 5.63 Å². The van der Waals surface area contributed by atoms with Crippen LogP contribution in [0.3, 0.4) is 0 Å². The number of rotatable bonds is 2. The van der Waals surface area contributed by atoms with Gasteiger partial charge in [-0.1, -0.05) is 12.1 Å². The summed E-state index contributed by atoms with van der Waals surface area (Å²) in [4.78, 5) is 16.3. The highest BCUT2D eigenvalue weighted by atomic mass is 16.4. The Labute approximate surface area is 117 Å². The summed E-state index contributed by atoms with van der Waals surface area (Å²) in [6, 6.07) is 7.20. The zero-order chi connectivity index (χ0) is 14.9. The van der Waals surface area contributed by atoms with Crippen LogP contribution in [0.2, 0.25) is 0 Å². The Morgan fingerprint density at radius 2 is 1.95 bits per heavy atom. The summed E-state index contributed by atoms with van der Waals surface area (Å²) >= 11 is 0. The van der Waals surface area contributed by atoms with Gasteiger partial charge in [0.2, 0.25) is 0 Å². The number of hydrogen-bond acceptors (Lipinski definition) is 4. The van der Waals surface area contributed by atoms with Gasteiger partial charge in [-0.25, -0.2) is 4.79 Å². The molecule has 4 nitrogen and oxygen atoms in total. The molecule has 0 atom stereocenters. The van der Waals surface area contributed by atoms with Crippen LogP contribution in [0.4, 0.5) is 5.69 Å². The van der Waals surface area contributed by atoms with E-state index < -0.39 is 5.63 Å². The van der Waals surface area contributed by atoms with E-state index in [-0.39, 0.29) is 11.3 Å². The lowest BCUT2D eigenvalue weighted by Crippen LogP contribution is -2.13. The first-order valence-electron chi connectivity index (χ1n) is 6.35. The Hall–Kier alpha value is -2.36. The van der Waals surface area contributed by atoms with Crippen molar-refractivity contribution < 1.29 is 9.52 Å². The first-order valence-corrected chi connectivity index (χ1v) is 6.35. The van der Waals surface area contributed by atoms with Crippen LogP contribution in [0.1, 0.15) is 29.4 Å². The van der Waals surface area contributed by atoms with Crippen molar-refractivity contribution in [3.63, 3.8) is 0 Å². The normalized spacial score (nSPS) is 11.7. The van der Waals surface area contributed by atoms with Gasteiger partial charge in [-0.15, -0.1) is 0 Å². The quantitative estimate of drug-likeness (QED) is 0.851. The van der Waals surface area contributed by atoms with Gasteiger partial charge in [0.05, 0.1) is 11.4 Å². The van der Waals surface area contributed by atoms with Gasteiger partial charge >= 0.3 is 5.63 Å². The molecule has 2 aromatic rings. The third kappa shape index (κ3) is 2.64. The lowest BCUT2D eigenvalue weighted by molar-refractivity contribution is 0.432. The minimum atomic E-state index is -0.575. The molecule has 0 aliphatic heterocycles. The molecule has 4 heteroatoms. The summed E-state index contributed by atoms with van der Waals surface area (Å²) in [5.41, 5.74) is 2.92. The maximum atomic E-state index is 11.8. The second kappa shape index (κ2) is 5.33. The first kappa shape index (κ1) is 14.1. The SMILES string of the molecule is CC(=Nc1cccc(C)c1C)c1c(O)cc(C)oc1=O. The van der Waals surface area contributed by atoms with E-state index in [1.165, 1.54) is 6.07 Å². The van der Waals surface area contributed by atoms with Crippen molar-refractivity contribution in [1.82, 2.24) is 0 Å². The van der Waals surface area contributed by atoms with Crippen molar-refractivity contribution in [2.75, 3.05) is 0 Å². The van der Waals surface area contributed by atoms with E-state index >= 15 is 0 Å². The highest BCUT2D eigenvalue weighted by Crippen LogP contribution is 2.23. The molecule has 0 bridgehead atoms. The number of aryl methyl sites for hydroxylation is 2. The fourth-order valence-electron chi connectivity index (χ4n) is 2.02. The molecule has 1 heterocycles. The molecule has 0 radical (unpaired) electrons. The Balaban J connectivity index is 2.57. The molecule has 1 aromatic carbocycles. The molecule has 0 unspecified atom stereocenters. The Morgan fingerprint density at radius 1 is 1.25 bits per heavy atom. The standard InChI is InChI=1S/C16H17NO3/c1-9-6-5-7-13(11(9)3)17-12(4)15-14(18)8-10(2)20-16(15)19/h5-8,18H,1-4H3. The first-order chi connectivity index (χ1) is 9.40. The van der Waals surface area contributed by atoms with Gasteiger partial charge in [0.25, 0.3) is 0 Å². The Kier molecular flexibility index (Phi) is 3.74.